The maximum absolute atomic E-state index is 12.4. The summed E-state index contributed by atoms with van der Waals surface area (Å²) in [6.07, 6.45) is 0. The van der Waals surface area contributed by atoms with E-state index in [0.717, 1.165) is 11.3 Å². The fourth-order valence-electron chi connectivity index (χ4n) is 2.37. The molecule has 1 heterocycles. The molecule has 0 aliphatic heterocycles. The first-order chi connectivity index (χ1) is 9.95. The van der Waals surface area contributed by atoms with Gasteiger partial charge in [-0.3, -0.25) is 4.79 Å². The number of benzene rings is 1. The quantitative estimate of drug-likeness (QED) is 0.881. The van der Waals surface area contributed by atoms with E-state index in [2.05, 4.69) is 38.1 Å². The van der Waals surface area contributed by atoms with Gasteiger partial charge >= 0.3 is 0 Å². The molecule has 110 valence electrons. The van der Waals surface area contributed by atoms with E-state index in [1.807, 2.05) is 13.0 Å². The van der Waals surface area contributed by atoms with E-state index in [0.29, 0.717) is 18.0 Å². The Kier molecular flexibility index (Phi) is 4.58. The Balaban J connectivity index is 2.56. The van der Waals surface area contributed by atoms with Crippen LogP contribution in [0.4, 0.5) is 0 Å². The van der Waals surface area contributed by atoms with Crippen LogP contribution < -0.4 is 11.3 Å². The first kappa shape index (κ1) is 15.4. The van der Waals surface area contributed by atoms with Crippen molar-refractivity contribution in [2.24, 2.45) is 5.73 Å². The van der Waals surface area contributed by atoms with E-state index < -0.39 is 0 Å². The zero-order valence-corrected chi connectivity index (χ0v) is 13.4. The van der Waals surface area contributed by atoms with Gasteiger partial charge in [-0.2, -0.15) is 0 Å². The van der Waals surface area contributed by atoms with Gasteiger partial charge in [-0.15, -0.1) is 0 Å². The molecular weight excluding hydrogens is 280 g/mol. The van der Waals surface area contributed by atoms with Crippen LogP contribution in [0.3, 0.4) is 0 Å². The van der Waals surface area contributed by atoms with E-state index in [-0.39, 0.29) is 10.5 Å². The lowest BCUT2D eigenvalue weighted by molar-refractivity contribution is 0.734. The summed E-state index contributed by atoms with van der Waals surface area (Å²) < 4.78 is 1.71. The molecule has 0 radical (unpaired) electrons. The van der Waals surface area contributed by atoms with Gasteiger partial charge in [0.25, 0.3) is 5.56 Å². The third-order valence-electron chi connectivity index (χ3n) is 3.63. The number of hydrogen-bond donors (Lipinski definition) is 1. The number of rotatable bonds is 4. The smallest absolute Gasteiger partial charge is 0.261 e. The fourth-order valence-corrected chi connectivity index (χ4v) is 2.53. The molecule has 0 spiro atoms. The molecule has 2 rings (SSSR count). The molecule has 0 unspecified atom stereocenters. The number of nitrogens with zero attached hydrogens (tertiary/aromatic N) is 1. The minimum atomic E-state index is -0.129. The Morgan fingerprint density at radius 3 is 2.29 bits per heavy atom. The van der Waals surface area contributed by atoms with E-state index in [1.165, 1.54) is 5.56 Å². The SMILES string of the molecule is CCn1c(-c2ccc(C(C)C)cc2)ccc(C(N)=S)c1=O. The molecular formula is C17H20N2OS. The Morgan fingerprint density at radius 2 is 1.81 bits per heavy atom. The third kappa shape index (κ3) is 3.05. The zero-order chi connectivity index (χ0) is 15.6. The molecule has 0 aliphatic carbocycles. The van der Waals surface area contributed by atoms with Crippen LogP contribution in [0.15, 0.2) is 41.2 Å². The van der Waals surface area contributed by atoms with Gasteiger partial charge < -0.3 is 10.3 Å². The third-order valence-corrected chi connectivity index (χ3v) is 3.85. The van der Waals surface area contributed by atoms with Crippen molar-refractivity contribution in [2.75, 3.05) is 0 Å². The summed E-state index contributed by atoms with van der Waals surface area (Å²) in [4.78, 5) is 12.5. The monoisotopic (exact) mass is 300 g/mol. The van der Waals surface area contributed by atoms with E-state index in [9.17, 15) is 4.79 Å². The number of thiocarbonyl (C=S) groups is 1. The summed E-state index contributed by atoms with van der Waals surface area (Å²) in [6.45, 7) is 6.84. The van der Waals surface area contributed by atoms with Gasteiger partial charge in [-0.25, -0.2) is 0 Å². The van der Waals surface area contributed by atoms with Crippen molar-refractivity contribution < 1.29 is 0 Å². The molecule has 2 N–H and O–H groups in total. The highest BCUT2D eigenvalue weighted by Crippen LogP contribution is 2.22. The van der Waals surface area contributed by atoms with Crippen molar-refractivity contribution in [3.05, 3.63) is 57.9 Å². The zero-order valence-electron chi connectivity index (χ0n) is 12.6. The van der Waals surface area contributed by atoms with Gasteiger partial charge in [0, 0.05) is 6.54 Å². The van der Waals surface area contributed by atoms with Gasteiger partial charge in [0.15, 0.2) is 0 Å². The molecule has 0 saturated carbocycles. The molecule has 3 nitrogen and oxygen atoms in total. The normalized spacial score (nSPS) is 10.9. The van der Waals surface area contributed by atoms with Gasteiger partial charge in [0.1, 0.15) is 4.99 Å². The Bertz CT molecular complexity index is 715. The largest absolute Gasteiger partial charge is 0.389 e. The molecule has 4 heteroatoms. The van der Waals surface area contributed by atoms with E-state index >= 15 is 0 Å². The first-order valence-electron chi connectivity index (χ1n) is 7.09. The van der Waals surface area contributed by atoms with E-state index in [4.69, 9.17) is 18.0 Å². The molecule has 0 aliphatic rings. The van der Waals surface area contributed by atoms with Gasteiger partial charge in [-0.05, 0) is 36.1 Å². The number of nitrogens with two attached hydrogens (primary N) is 1. The highest BCUT2D eigenvalue weighted by atomic mass is 32.1. The van der Waals surface area contributed by atoms with Gasteiger partial charge in [0.2, 0.25) is 0 Å². The van der Waals surface area contributed by atoms with Crippen molar-refractivity contribution in [1.29, 1.82) is 0 Å². The molecule has 1 aromatic carbocycles. The van der Waals surface area contributed by atoms with E-state index in [1.54, 1.807) is 10.6 Å². The second-order valence-electron chi connectivity index (χ2n) is 5.32. The molecule has 0 bridgehead atoms. The maximum Gasteiger partial charge on any atom is 0.261 e. The lowest BCUT2D eigenvalue weighted by Gasteiger charge is -2.14. The second-order valence-corrected chi connectivity index (χ2v) is 5.76. The van der Waals surface area contributed by atoms with Crippen LogP contribution in [0.2, 0.25) is 0 Å². The van der Waals surface area contributed by atoms with Crippen LogP contribution in [0.5, 0.6) is 0 Å². The van der Waals surface area contributed by atoms with Crippen LogP contribution >= 0.6 is 12.2 Å². The topological polar surface area (TPSA) is 48.0 Å². The molecule has 0 atom stereocenters. The minimum Gasteiger partial charge on any atom is -0.389 e. The van der Waals surface area contributed by atoms with Crippen LogP contribution in [0, 0.1) is 0 Å². The predicted molar refractivity (Wildman–Crippen MR) is 91.8 cm³/mol. The standard InChI is InChI=1S/C17H20N2OS/c1-4-19-15(10-9-14(16(18)21)17(19)20)13-7-5-12(6-8-13)11(2)3/h5-11H,4H2,1-3H3,(H2,18,21). The highest BCUT2D eigenvalue weighted by molar-refractivity contribution is 7.80. The summed E-state index contributed by atoms with van der Waals surface area (Å²) >= 11 is 4.93. The summed E-state index contributed by atoms with van der Waals surface area (Å²) in [5.41, 5.74) is 9.06. The maximum atomic E-state index is 12.4. The van der Waals surface area contributed by atoms with Crippen molar-refractivity contribution in [3.8, 4) is 11.3 Å². The van der Waals surface area contributed by atoms with Gasteiger partial charge in [0.05, 0.1) is 11.3 Å². The van der Waals surface area contributed by atoms with Crippen molar-refractivity contribution >= 4 is 17.2 Å². The predicted octanol–water partition coefficient (Wildman–Crippen LogP) is 3.29. The summed E-state index contributed by atoms with van der Waals surface area (Å²) in [5, 5.41) is 0. The molecule has 0 saturated heterocycles. The lowest BCUT2D eigenvalue weighted by Crippen LogP contribution is -2.29. The number of aromatic nitrogens is 1. The van der Waals surface area contributed by atoms with Gasteiger partial charge in [-0.1, -0.05) is 50.3 Å². The average molecular weight is 300 g/mol. The first-order valence-corrected chi connectivity index (χ1v) is 7.50. The average Bonchev–Trinajstić information content (AvgIpc) is 2.46. The summed E-state index contributed by atoms with van der Waals surface area (Å²) in [6, 6.07) is 11.9. The van der Waals surface area contributed by atoms with Crippen molar-refractivity contribution in [2.45, 2.75) is 33.2 Å². The molecule has 1 aromatic heterocycles. The van der Waals surface area contributed by atoms with Crippen molar-refractivity contribution in [3.63, 3.8) is 0 Å². The van der Waals surface area contributed by atoms with Crippen LogP contribution in [0.25, 0.3) is 11.3 Å². The molecule has 0 amide bonds. The minimum absolute atomic E-state index is 0.129. The van der Waals surface area contributed by atoms with Crippen LogP contribution in [0.1, 0.15) is 37.8 Å². The number of hydrogen-bond acceptors (Lipinski definition) is 2. The van der Waals surface area contributed by atoms with Crippen molar-refractivity contribution in [1.82, 2.24) is 4.57 Å². The fraction of sp³-hybridized carbons (Fsp3) is 0.294. The lowest BCUT2D eigenvalue weighted by atomic mass is 10.0. The second kappa shape index (κ2) is 6.22. The number of pyridine rings is 1. The summed E-state index contributed by atoms with van der Waals surface area (Å²) in [7, 11) is 0. The molecule has 0 fully saturated rings. The van der Waals surface area contributed by atoms with Crippen LogP contribution in [-0.2, 0) is 6.54 Å². The Hall–Kier alpha value is -1.94. The highest BCUT2D eigenvalue weighted by Gasteiger charge is 2.11. The summed E-state index contributed by atoms with van der Waals surface area (Å²) in [5.74, 6) is 0.490. The van der Waals surface area contributed by atoms with Crippen LogP contribution in [-0.4, -0.2) is 9.56 Å². The molecule has 2 aromatic rings. The Labute approximate surface area is 130 Å². The molecule has 21 heavy (non-hydrogen) atoms. The Morgan fingerprint density at radius 1 is 1.19 bits per heavy atom.